The molecule has 2 heteroatoms. The van der Waals surface area contributed by atoms with Crippen molar-refractivity contribution < 1.29 is 9.90 Å². The molecule has 0 radical (unpaired) electrons. The number of aliphatic carboxylic acids is 1. The van der Waals surface area contributed by atoms with Crippen molar-refractivity contribution in [2.75, 3.05) is 0 Å². The van der Waals surface area contributed by atoms with Crippen LogP contribution in [0, 0.1) is 0 Å². The lowest BCUT2D eigenvalue weighted by molar-refractivity contribution is -0.136. The first-order chi connectivity index (χ1) is 8.41. The van der Waals surface area contributed by atoms with Crippen LogP contribution in [-0.2, 0) is 4.79 Å². The van der Waals surface area contributed by atoms with Gasteiger partial charge in [-0.2, -0.15) is 0 Å². The van der Waals surface area contributed by atoms with Gasteiger partial charge < -0.3 is 5.11 Å². The predicted octanol–water partition coefficient (Wildman–Crippen LogP) is 4.88. The predicted molar refractivity (Wildman–Crippen MR) is 77.7 cm³/mol. The van der Waals surface area contributed by atoms with Crippen molar-refractivity contribution >= 4 is 5.97 Å². The van der Waals surface area contributed by atoms with Gasteiger partial charge in [-0.25, -0.2) is 0 Å². The highest BCUT2D eigenvalue weighted by Crippen LogP contribution is 2.11. The maximum absolute atomic E-state index is 10.4. The molecule has 0 saturated carbocycles. The zero-order valence-electron chi connectivity index (χ0n) is 12.1. The Kier molecular flexibility index (Phi) is 8.99. The molecule has 1 N–H and O–H groups in total. The first kappa shape index (κ1) is 16.7. The molecular formula is C16H26O2. The average molecular weight is 250 g/mol. The molecule has 0 spiro atoms. The SMILES string of the molecule is CC(C)=CCCC(C)=CCCC(C)=CCC(=O)O. The van der Waals surface area contributed by atoms with E-state index in [9.17, 15) is 4.79 Å². The van der Waals surface area contributed by atoms with E-state index in [0.29, 0.717) is 0 Å². The Bertz CT molecular complexity index is 342. The molecule has 0 unspecified atom stereocenters. The Labute approximate surface area is 111 Å². The normalized spacial score (nSPS) is 12.4. The van der Waals surface area contributed by atoms with Gasteiger partial charge in [0.2, 0.25) is 0 Å². The molecule has 0 atom stereocenters. The third kappa shape index (κ3) is 11.2. The van der Waals surface area contributed by atoms with Crippen LogP contribution in [0.2, 0.25) is 0 Å². The quantitative estimate of drug-likeness (QED) is 0.623. The van der Waals surface area contributed by atoms with Gasteiger partial charge in [0.1, 0.15) is 0 Å². The number of hydrogen-bond donors (Lipinski definition) is 1. The van der Waals surface area contributed by atoms with Gasteiger partial charge in [0.25, 0.3) is 0 Å². The Morgan fingerprint density at radius 2 is 1.39 bits per heavy atom. The Morgan fingerprint density at radius 3 is 1.89 bits per heavy atom. The Balaban J connectivity index is 3.89. The molecule has 0 aromatic heterocycles. The van der Waals surface area contributed by atoms with Crippen molar-refractivity contribution in [3.05, 3.63) is 34.9 Å². The molecule has 0 aromatic rings. The minimum atomic E-state index is -0.761. The molecule has 0 aromatic carbocycles. The second-order valence-electron chi connectivity index (χ2n) is 5.06. The lowest BCUT2D eigenvalue weighted by atomic mass is 10.1. The van der Waals surface area contributed by atoms with E-state index in [0.717, 1.165) is 31.3 Å². The zero-order valence-corrected chi connectivity index (χ0v) is 12.1. The van der Waals surface area contributed by atoms with Gasteiger partial charge in [0.15, 0.2) is 0 Å². The van der Waals surface area contributed by atoms with Crippen molar-refractivity contribution in [3.63, 3.8) is 0 Å². The summed E-state index contributed by atoms with van der Waals surface area (Å²) in [5, 5.41) is 8.56. The van der Waals surface area contributed by atoms with Crippen molar-refractivity contribution in [1.82, 2.24) is 0 Å². The van der Waals surface area contributed by atoms with E-state index in [1.807, 2.05) is 6.92 Å². The fourth-order valence-electron chi connectivity index (χ4n) is 1.60. The third-order valence-corrected chi connectivity index (χ3v) is 2.75. The average Bonchev–Trinajstić information content (AvgIpc) is 2.25. The number of carboxylic acids is 1. The van der Waals surface area contributed by atoms with Gasteiger partial charge in [-0.15, -0.1) is 0 Å². The Morgan fingerprint density at radius 1 is 0.889 bits per heavy atom. The van der Waals surface area contributed by atoms with Crippen LogP contribution in [0.25, 0.3) is 0 Å². The van der Waals surface area contributed by atoms with E-state index >= 15 is 0 Å². The fourth-order valence-corrected chi connectivity index (χ4v) is 1.60. The summed E-state index contributed by atoms with van der Waals surface area (Å²) in [7, 11) is 0. The van der Waals surface area contributed by atoms with Crippen molar-refractivity contribution in [3.8, 4) is 0 Å². The van der Waals surface area contributed by atoms with Crippen LogP contribution in [0.3, 0.4) is 0 Å². The maximum atomic E-state index is 10.4. The van der Waals surface area contributed by atoms with Crippen molar-refractivity contribution in [2.45, 2.75) is 59.8 Å². The summed E-state index contributed by atoms with van der Waals surface area (Å²) in [6, 6.07) is 0. The number of allylic oxidation sites excluding steroid dienone is 5. The number of hydrogen-bond acceptors (Lipinski definition) is 1. The molecule has 0 heterocycles. The molecule has 0 fully saturated rings. The summed E-state index contributed by atoms with van der Waals surface area (Å²) in [5.41, 5.74) is 3.94. The molecule has 0 aliphatic heterocycles. The van der Waals surface area contributed by atoms with E-state index in [4.69, 9.17) is 5.11 Å². The van der Waals surface area contributed by atoms with E-state index in [1.165, 1.54) is 11.1 Å². The van der Waals surface area contributed by atoms with Crippen molar-refractivity contribution in [1.29, 1.82) is 0 Å². The summed E-state index contributed by atoms with van der Waals surface area (Å²) in [4.78, 5) is 10.4. The number of rotatable bonds is 8. The summed E-state index contributed by atoms with van der Waals surface area (Å²) < 4.78 is 0. The van der Waals surface area contributed by atoms with E-state index in [2.05, 4.69) is 32.9 Å². The second-order valence-corrected chi connectivity index (χ2v) is 5.06. The van der Waals surface area contributed by atoms with Gasteiger partial charge in [-0.05, 0) is 53.4 Å². The van der Waals surface area contributed by atoms with Crippen LogP contribution < -0.4 is 0 Å². The lowest BCUT2D eigenvalue weighted by Crippen LogP contribution is -1.91. The van der Waals surface area contributed by atoms with Gasteiger partial charge in [0, 0.05) is 0 Å². The smallest absolute Gasteiger partial charge is 0.307 e. The van der Waals surface area contributed by atoms with Crippen LogP contribution in [0.4, 0.5) is 0 Å². The van der Waals surface area contributed by atoms with Crippen LogP contribution in [0.15, 0.2) is 34.9 Å². The second kappa shape index (κ2) is 9.69. The standard InChI is InChI=1S/C16H26O2/c1-13(2)7-5-8-14(3)9-6-10-15(4)11-12-16(17)18/h7,9,11H,5-6,8,10,12H2,1-4H3,(H,17,18). The highest BCUT2D eigenvalue weighted by molar-refractivity contribution is 5.68. The van der Waals surface area contributed by atoms with E-state index in [-0.39, 0.29) is 6.42 Å². The molecule has 0 amide bonds. The van der Waals surface area contributed by atoms with Gasteiger partial charge in [-0.1, -0.05) is 34.9 Å². The molecular weight excluding hydrogens is 224 g/mol. The van der Waals surface area contributed by atoms with E-state index < -0.39 is 5.97 Å². The highest BCUT2D eigenvalue weighted by atomic mass is 16.4. The molecule has 0 saturated heterocycles. The molecule has 0 aliphatic carbocycles. The monoisotopic (exact) mass is 250 g/mol. The van der Waals surface area contributed by atoms with Crippen molar-refractivity contribution in [2.24, 2.45) is 0 Å². The number of carbonyl (C=O) groups is 1. The third-order valence-electron chi connectivity index (χ3n) is 2.75. The van der Waals surface area contributed by atoms with Crippen LogP contribution in [0.5, 0.6) is 0 Å². The van der Waals surface area contributed by atoms with E-state index in [1.54, 1.807) is 6.08 Å². The van der Waals surface area contributed by atoms with Crippen LogP contribution >= 0.6 is 0 Å². The van der Waals surface area contributed by atoms with Crippen LogP contribution in [-0.4, -0.2) is 11.1 Å². The first-order valence-electron chi connectivity index (χ1n) is 6.58. The van der Waals surface area contributed by atoms with Gasteiger partial charge in [-0.3, -0.25) is 4.79 Å². The maximum Gasteiger partial charge on any atom is 0.307 e. The zero-order chi connectivity index (χ0) is 14.0. The minimum absolute atomic E-state index is 0.134. The topological polar surface area (TPSA) is 37.3 Å². The minimum Gasteiger partial charge on any atom is -0.481 e. The van der Waals surface area contributed by atoms with Crippen LogP contribution in [0.1, 0.15) is 59.8 Å². The summed E-state index contributed by atoms with van der Waals surface area (Å²) in [6.45, 7) is 8.40. The molecule has 2 nitrogen and oxygen atoms in total. The summed E-state index contributed by atoms with van der Waals surface area (Å²) in [5.74, 6) is -0.761. The molecule has 0 rings (SSSR count). The first-order valence-corrected chi connectivity index (χ1v) is 6.58. The largest absolute Gasteiger partial charge is 0.481 e. The molecule has 102 valence electrons. The summed E-state index contributed by atoms with van der Waals surface area (Å²) in [6.07, 6.45) is 10.6. The highest BCUT2D eigenvalue weighted by Gasteiger charge is 1.94. The lowest BCUT2D eigenvalue weighted by Gasteiger charge is -2.01. The molecule has 0 aliphatic rings. The number of carboxylic acid groups (broad SMARTS) is 1. The Hall–Kier alpha value is -1.31. The fraction of sp³-hybridized carbons (Fsp3) is 0.562. The summed E-state index contributed by atoms with van der Waals surface area (Å²) >= 11 is 0. The van der Waals surface area contributed by atoms with Gasteiger partial charge in [0.05, 0.1) is 6.42 Å². The molecule has 0 bridgehead atoms. The molecule has 18 heavy (non-hydrogen) atoms. The van der Waals surface area contributed by atoms with Gasteiger partial charge >= 0.3 is 5.97 Å².